The van der Waals surface area contributed by atoms with Crippen LogP contribution in [0.1, 0.15) is 52.9 Å². The molecule has 1 N–H and O–H groups in total. The van der Waals surface area contributed by atoms with Gasteiger partial charge in [-0.2, -0.15) is 17.0 Å². The zero-order valence-corrected chi connectivity index (χ0v) is 12.3. The molecule has 3 heteroatoms. The lowest BCUT2D eigenvalue weighted by Gasteiger charge is -2.23. The maximum absolute atomic E-state index is 9.22. The number of nitrogens with one attached hydrogen (secondary N) is 1. The van der Waals surface area contributed by atoms with Crippen molar-refractivity contribution in [3.63, 3.8) is 0 Å². The molecule has 1 saturated carbocycles. The smallest absolute Gasteiger partial charge is 0.104 e. The summed E-state index contributed by atoms with van der Waals surface area (Å²) in [5, 5.41) is 12.7. The number of hydrogen-bond donors (Lipinski definition) is 1. The Morgan fingerprint density at radius 3 is 2.65 bits per heavy atom. The fraction of sp³-hybridized carbons (Fsp3) is 0.929. The van der Waals surface area contributed by atoms with E-state index >= 15 is 0 Å². The molecule has 1 aliphatic carbocycles. The lowest BCUT2D eigenvalue weighted by molar-refractivity contribution is 0.411. The van der Waals surface area contributed by atoms with Crippen molar-refractivity contribution < 1.29 is 0 Å². The Balaban J connectivity index is 2.05. The summed E-state index contributed by atoms with van der Waals surface area (Å²) in [5.74, 6) is 3.26. The van der Waals surface area contributed by atoms with E-state index < -0.39 is 0 Å². The summed E-state index contributed by atoms with van der Waals surface area (Å²) >= 11 is 2.03. The number of thioether (sulfide) groups is 1. The van der Waals surface area contributed by atoms with Crippen molar-refractivity contribution in [2.24, 2.45) is 5.92 Å². The first-order valence-corrected chi connectivity index (χ1v) is 7.98. The summed E-state index contributed by atoms with van der Waals surface area (Å²) < 4.78 is 0. The summed E-state index contributed by atoms with van der Waals surface area (Å²) in [6, 6.07) is 3.06. The predicted molar refractivity (Wildman–Crippen MR) is 76.2 cm³/mol. The Kier molecular flexibility index (Phi) is 6.37. The average molecular weight is 254 g/mol. The zero-order chi connectivity index (χ0) is 12.7. The number of nitrogens with zero attached hydrogens (tertiary/aromatic N) is 1. The number of hydrogen-bond acceptors (Lipinski definition) is 3. The largest absolute Gasteiger partial charge is 0.297 e. The van der Waals surface area contributed by atoms with E-state index in [1.807, 2.05) is 18.7 Å². The monoisotopic (exact) mass is 254 g/mol. The van der Waals surface area contributed by atoms with Gasteiger partial charge in [0.25, 0.3) is 0 Å². The summed E-state index contributed by atoms with van der Waals surface area (Å²) in [5.41, 5.74) is -0.292. The second-order valence-corrected chi connectivity index (χ2v) is 6.99. The molecular formula is C14H26N2S. The molecule has 1 fully saturated rings. The Morgan fingerprint density at radius 1 is 1.41 bits per heavy atom. The lowest BCUT2D eigenvalue weighted by Crippen LogP contribution is -2.42. The van der Waals surface area contributed by atoms with Crippen LogP contribution in [-0.2, 0) is 0 Å². The van der Waals surface area contributed by atoms with E-state index in [0.717, 1.165) is 18.8 Å². The molecule has 1 rings (SSSR count). The van der Waals surface area contributed by atoms with Gasteiger partial charge in [-0.3, -0.25) is 5.32 Å². The SMILES string of the molecule is CC(C)CCSCCCC(C)(C#N)NC1CC1. The molecule has 0 spiro atoms. The van der Waals surface area contributed by atoms with Gasteiger partial charge < -0.3 is 0 Å². The normalized spacial score (nSPS) is 19.0. The van der Waals surface area contributed by atoms with Gasteiger partial charge in [0, 0.05) is 6.04 Å². The van der Waals surface area contributed by atoms with E-state index in [4.69, 9.17) is 0 Å². The Hall–Kier alpha value is -0.200. The van der Waals surface area contributed by atoms with Gasteiger partial charge in [-0.25, -0.2) is 0 Å². The first-order chi connectivity index (χ1) is 8.06. The van der Waals surface area contributed by atoms with Crippen LogP contribution in [0.4, 0.5) is 0 Å². The highest BCUT2D eigenvalue weighted by Crippen LogP contribution is 2.25. The fourth-order valence-electron chi connectivity index (χ4n) is 1.79. The molecule has 0 radical (unpaired) electrons. The molecule has 0 bridgehead atoms. The minimum Gasteiger partial charge on any atom is -0.297 e. The second-order valence-electron chi connectivity index (χ2n) is 5.76. The Morgan fingerprint density at radius 2 is 2.12 bits per heavy atom. The van der Waals surface area contributed by atoms with Gasteiger partial charge >= 0.3 is 0 Å². The third-order valence-corrected chi connectivity index (χ3v) is 4.25. The molecule has 2 nitrogen and oxygen atoms in total. The van der Waals surface area contributed by atoms with Gasteiger partial charge in [0.2, 0.25) is 0 Å². The molecule has 0 heterocycles. The Bertz CT molecular complexity index is 255. The molecule has 98 valence electrons. The first kappa shape index (κ1) is 14.9. The first-order valence-electron chi connectivity index (χ1n) is 6.82. The van der Waals surface area contributed by atoms with Gasteiger partial charge in [-0.15, -0.1) is 0 Å². The summed E-state index contributed by atoms with van der Waals surface area (Å²) in [6.45, 7) is 6.59. The summed E-state index contributed by atoms with van der Waals surface area (Å²) in [4.78, 5) is 0. The minimum atomic E-state index is -0.292. The third kappa shape index (κ3) is 6.95. The highest BCUT2D eigenvalue weighted by atomic mass is 32.2. The van der Waals surface area contributed by atoms with Gasteiger partial charge in [-0.1, -0.05) is 13.8 Å². The average Bonchev–Trinajstić information content (AvgIpc) is 3.06. The van der Waals surface area contributed by atoms with Crippen LogP contribution in [0, 0.1) is 17.2 Å². The topological polar surface area (TPSA) is 35.8 Å². The molecule has 0 saturated heterocycles. The van der Waals surface area contributed by atoms with Crippen molar-refractivity contribution in [3.8, 4) is 6.07 Å². The van der Waals surface area contributed by atoms with E-state index in [2.05, 4.69) is 25.2 Å². The molecule has 1 aliphatic rings. The molecular weight excluding hydrogens is 228 g/mol. The van der Waals surface area contributed by atoms with Crippen LogP contribution in [0.5, 0.6) is 0 Å². The summed E-state index contributed by atoms with van der Waals surface area (Å²) in [7, 11) is 0. The van der Waals surface area contributed by atoms with Crippen LogP contribution in [-0.4, -0.2) is 23.1 Å². The molecule has 0 aliphatic heterocycles. The van der Waals surface area contributed by atoms with E-state index in [1.165, 1.54) is 30.8 Å². The minimum absolute atomic E-state index is 0.292. The van der Waals surface area contributed by atoms with Crippen molar-refractivity contribution >= 4 is 11.8 Å². The van der Waals surface area contributed by atoms with E-state index in [-0.39, 0.29) is 5.54 Å². The van der Waals surface area contributed by atoms with Gasteiger partial charge in [0.05, 0.1) is 6.07 Å². The maximum atomic E-state index is 9.22. The zero-order valence-electron chi connectivity index (χ0n) is 11.5. The van der Waals surface area contributed by atoms with Gasteiger partial charge in [0.1, 0.15) is 5.54 Å². The van der Waals surface area contributed by atoms with Crippen LogP contribution in [0.3, 0.4) is 0 Å². The molecule has 0 aromatic carbocycles. The fourth-order valence-corrected chi connectivity index (χ4v) is 2.98. The standard InChI is InChI=1S/C14H26N2S/c1-12(2)7-10-17-9-4-8-14(3,11-15)16-13-5-6-13/h12-13,16H,4-10H2,1-3H3. The molecule has 1 unspecified atom stereocenters. The second kappa shape index (κ2) is 7.28. The van der Waals surface area contributed by atoms with E-state index in [9.17, 15) is 5.26 Å². The maximum Gasteiger partial charge on any atom is 0.104 e. The number of nitriles is 1. The Labute approximate surface area is 111 Å². The van der Waals surface area contributed by atoms with Crippen molar-refractivity contribution in [1.29, 1.82) is 5.26 Å². The van der Waals surface area contributed by atoms with Crippen LogP contribution in [0.15, 0.2) is 0 Å². The molecule has 0 aromatic heterocycles. The van der Waals surface area contributed by atoms with E-state index in [1.54, 1.807) is 0 Å². The molecule has 17 heavy (non-hydrogen) atoms. The van der Waals surface area contributed by atoms with Crippen molar-refractivity contribution in [3.05, 3.63) is 0 Å². The van der Waals surface area contributed by atoms with Crippen LogP contribution < -0.4 is 5.32 Å². The van der Waals surface area contributed by atoms with Gasteiger partial charge in [0.15, 0.2) is 0 Å². The van der Waals surface area contributed by atoms with Crippen molar-refractivity contribution in [2.75, 3.05) is 11.5 Å². The van der Waals surface area contributed by atoms with Crippen molar-refractivity contribution in [2.45, 2.75) is 64.5 Å². The number of rotatable bonds is 9. The quantitative estimate of drug-likeness (QED) is 0.639. The third-order valence-electron chi connectivity index (χ3n) is 3.15. The van der Waals surface area contributed by atoms with Crippen LogP contribution >= 0.6 is 11.8 Å². The highest BCUT2D eigenvalue weighted by molar-refractivity contribution is 7.99. The van der Waals surface area contributed by atoms with Crippen molar-refractivity contribution in [1.82, 2.24) is 5.32 Å². The summed E-state index contributed by atoms with van der Waals surface area (Å²) in [6.07, 6.45) is 5.93. The highest BCUT2D eigenvalue weighted by Gasteiger charge is 2.31. The van der Waals surface area contributed by atoms with Crippen LogP contribution in [0.25, 0.3) is 0 Å². The van der Waals surface area contributed by atoms with Gasteiger partial charge in [-0.05, 0) is 56.5 Å². The lowest BCUT2D eigenvalue weighted by atomic mass is 9.98. The predicted octanol–water partition coefficient (Wildman–Crippen LogP) is 3.58. The van der Waals surface area contributed by atoms with Crippen LogP contribution in [0.2, 0.25) is 0 Å². The molecule has 0 aromatic rings. The van der Waals surface area contributed by atoms with E-state index in [0.29, 0.717) is 6.04 Å². The molecule has 1 atom stereocenters. The molecule has 0 amide bonds.